The van der Waals surface area contributed by atoms with Crippen LogP contribution >= 0.6 is 24.0 Å². The molecule has 0 radical (unpaired) electrons. The lowest BCUT2D eigenvalue weighted by atomic mass is 10.2. The fourth-order valence-corrected chi connectivity index (χ4v) is 3.49. The van der Waals surface area contributed by atoms with E-state index in [4.69, 9.17) is 0 Å². The maximum atomic E-state index is 12.0. The lowest BCUT2D eigenvalue weighted by Gasteiger charge is -2.24. The molecule has 0 unspecified atom stereocenters. The van der Waals surface area contributed by atoms with E-state index in [-0.39, 0.29) is 29.9 Å². The first-order chi connectivity index (χ1) is 13.1. The number of nitrogens with one attached hydrogen (secondary N) is 3. The molecule has 158 valence electrons. The van der Waals surface area contributed by atoms with Crippen molar-refractivity contribution in [2.75, 3.05) is 38.1 Å². The molecule has 0 atom stereocenters. The van der Waals surface area contributed by atoms with Gasteiger partial charge >= 0.3 is 0 Å². The quantitative estimate of drug-likeness (QED) is 0.277. The molecular weight excluding hydrogens is 465 g/mol. The van der Waals surface area contributed by atoms with Crippen LogP contribution in [0.1, 0.15) is 44.6 Å². The summed E-state index contributed by atoms with van der Waals surface area (Å²) in [6.45, 7) is 7.51. The number of benzene rings is 1. The van der Waals surface area contributed by atoms with Crippen LogP contribution in [0.3, 0.4) is 0 Å². The number of halogens is 1. The molecule has 1 aliphatic carbocycles. The van der Waals surface area contributed by atoms with Gasteiger partial charge in [0.25, 0.3) is 0 Å². The first-order valence-corrected chi connectivity index (χ1v) is 10.2. The molecule has 3 N–H and O–H groups in total. The van der Waals surface area contributed by atoms with Gasteiger partial charge in [-0.15, -0.1) is 24.0 Å². The van der Waals surface area contributed by atoms with Crippen molar-refractivity contribution >= 4 is 41.5 Å². The number of hydrogen-bond acceptors (Lipinski definition) is 3. The summed E-state index contributed by atoms with van der Waals surface area (Å²) in [6.07, 6.45) is 5.18. The van der Waals surface area contributed by atoms with E-state index < -0.39 is 0 Å². The van der Waals surface area contributed by atoms with Gasteiger partial charge in [-0.05, 0) is 44.4 Å². The Bertz CT molecular complexity index is 617. The van der Waals surface area contributed by atoms with Crippen LogP contribution in [0.4, 0.5) is 5.69 Å². The van der Waals surface area contributed by atoms with Crippen molar-refractivity contribution in [1.82, 2.24) is 16.0 Å². The SMILES string of the molecule is CCN(CCNC(=NC)NCCC(=O)NC1CCCC1)c1cccc(C)c1.I. The van der Waals surface area contributed by atoms with E-state index in [0.717, 1.165) is 38.4 Å². The van der Waals surface area contributed by atoms with Crippen molar-refractivity contribution in [3.05, 3.63) is 29.8 Å². The van der Waals surface area contributed by atoms with E-state index in [9.17, 15) is 4.79 Å². The Hall–Kier alpha value is -1.51. The molecule has 6 nitrogen and oxygen atoms in total. The summed E-state index contributed by atoms with van der Waals surface area (Å²) in [5.74, 6) is 0.866. The zero-order chi connectivity index (χ0) is 19.5. The zero-order valence-electron chi connectivity index (χ0n) is 17.5. The number of guanidine groups is 1. The smallest absolute Gasteiger partial charge is 0.221 e. The molecular formula is C21H36IN5O. The number of carbonyl (C=O) groups excluding carboxylic acids is 1. The number of likely N-dealkylation sites (N-methyl/N-ethyl adjacent to an activating group) is 1. The van der Waals surface area contributed by atoms with Crippen molar-refractivity contribution in [2.24, 2.45) is 4.99 Å². The predicted octanol–water partition coefficient (Wildman–Crippen LogP) is 3.05. The molecule has 0 spiro atoms. The summed E-state index contributed by atoms with van der Waals surface area (Å²) in [5, 5.41) is 9.67. The molecule has 0 bridgehead atoms. The molecule has 7 heteroatoms. The molecule has 0 saturated heterocycles. The van der Waals surface area contributed by atoms with Crippen LogP contribution in [0.15, 0.2) is 29.3 Å². The Morgan fingerprint density at radius 1 is 1.21 bits per heavy atom. The lowest BCUT2D eigenvalue weighted by molar-refractivity contribution is -0.121. The normalized spacial score (nSPS) is 14.3. The third-order valence-electron chi connectivity index (χ3n) is 5.01. The van der Waals surface area contributed by atoms with E-state index in [1.807, 2.05) is 0 Å². The van der Waals surface area contributed by atoms with Crippen molar-refractivity contribution < 1.29 is 4.79 Å². The van der Waals surface area contributed by atoms with Crippen LogP contribution in [0.5, 0.6) is 0 Å². The molecule has 28 heavy (non-hydrogen) atoms. The third kappa shape index (κ3) is 8.67. The highest BCUT2D eigenvalue weighted by Gasteiger charge is 2.16. The van der Waals surface area contributed by atoms with Crippen molar-refractivity contribution in [3.8, 4) is 0 Å². The number of anilines is 1. The minimum absolute atomic E-state index is 0. The van der Waals surface area contributed by atoms with Gasteiger partial charge in [0.05, 0.1) is 0 Å². The highest BCUT2D eigenvalue weighted by Crippen LogP contribution is 2.17. The van der Waals surface area contributed by atoms with Crippen LogP contribution in [-0.2, 0) is 4.79 Å². The molecule has 0 heterocycles. The number of aryl methyl sites for hydroxylation is 1. The highest BCUT2D eigenvalue weighted by atomic mass is 127. The Labute approximate surface area is 187 Å². The van der Waals surface area contributed by atoms with Crippen LogP contribution in [0.25, 0.3) is 0 Å². The molecule has 0 aliphatic heterocycles. The second-order valence-electron chi connectivity index (χ2n) is 7.14. The van der Waals surface area contributed by atoms with Gasteiger partial charge in [0.15, 0.2) is 5.96 Å². The molecule has 1 amide bonds. The number of nitrogens with zero attached hydrogens (tertiary/aromatic N) is 2. The Balaban J connectivity index is 0.00000392. The minimum atomic E-state index is 0. The van der Waals surface area contributed by atoms with E-state index in [2.05, 4.69) is 64.0 Å². The number of rotatable bonds is 9. The first-order valence-electron chi connectivity index (χ1n) is 10.2. The van der Waals surface area contributed by atoms with Crippen LogP contribution in [0.2, 0.25) is 0 Å². The third-order valence-corrected chi connectivity index (χ3v) is 5.01. The molecule has 0 aromatic heterocycles. The van der Waals surface area contributed by atoms with E-state index in [1.165, 1.54) is 24.1 Å². The number of carbonyl (C=O) groups is 1. The van der Waals surface area contributed by atoms with Crippen molar-refractivity contribution in [2.45, 2.75) is 52.0 Å². The van der Waals surface area contributed by atoms with Gasteiger partial charge in [0, 0.05) is 51.4 Å². The number of hydrogen-bond donors (Lipinski definition) is 3. The zero-order valence-corrected chi connectivity index (χ0v) is 19.8. The monoisotopic (exact) mass is 501 g/mol. The molecule has 1 aromatic carbocycles. The predicted molar refractivity (Wildman–Crippen MR) is 129 cm³/mol. The molecule has 1 fully saturated rings. The van der Waals surface area contributed by atoms with Crippen LogP contribution in [-0.4, -0.2) is 51.1 Å². The fourth-order valence-electron chi connectivity index (χ4n) is 3.49. The molecule has 1 aromatic rings. The maximum absolute atomic E-state index is 12.0. The van der Waals surface area contributed by atoms with E-state index in [0.29, 0.717) is 19.0 Å². The van der Waals surface area contributed by atoms with Gasteiger partial charge in [0.1, 0.15) is 0 Å². The standard InChI is InChI=1S/C21H35N5O.HI/c1-4-26(19-11-7-8-17(2)16-19)15-14-24-21(22-3)23-13-12-20(27)25-18-9-5-6-10-18;/h7-8,11,16,18H,4-6,9-10,12-15H2,1-3H3,(H,25,27)(H2,22,23,24);1H. The van der Waals surface area contributed by atoms with Gasteiger partial charge in [-0.3, -0.25) is 9.79 Å². The Kier molecular flexibility index (Phi) is 11.9. The van der Waals surface area contributed by atoms with Crippen molar-refractivity contribution in [1.29, 1.82) is 0 Å². The molecule has 2 rings (SSSR count). The number of aliphatic imine (C=N–C) groups is 1. The first kappa shape index (κ1) is 24.5. The second kappa shape index (κ2) is 13.6. The van der Waals surface area contributed by atoms with E-state index >= 15 is 0 Å². The summed E-state index contributed by atoms with van der Waals surface area (Å²) >= 11 is 0. The largest absolute Gasteiger partial charge is 0.370 e. The fraction of sp³-hybridized carbons (Fsp3) is 0.619. The van der Waals surface area contributed by atoms with Crippen LogP contribution in [0, 0.1) is 6.92 Å². The summed E-state index contributed by atoms with van der Waals surface area (Å²) in [7, 11) is 1.76. The highest BCUT2D eigenvalue weighted by molar-refractivity contribution is 14.0. The van der Waals surface area contributed by atoms with E-state index in [1.54, 1.807) is 7.05 Å². The molecule has 1 aliphatic rings. The van der Waals surface area contributed by atoms with Gasteiger partial charge in [0.2, 0.25) is 5.91 Å². The summed E-state index contributed by atoms with van der Waals surface area (Å²) in [6, 6.07) is 8.95. The summed E-state index contributed by atoms with van der Waals surface area (Å²) in [4.78, 5) is 18.6. The average Bonchev–Trinajstić information content (AvgIpc) is 3.16. The van der Waals surface area contributed by atoms with Gasteiger partial charge in [-0.1, -0.05) is 25.0 Å². The topological polar surface area (TPSA) is 68.8 Å². The van der Waals surface area contributed by atoms with Gasteiger partial charge in [-0.2, -0.15) is 0 Å². The molecule has 1 saturated carbocycles. The summed E-state index contributed by atoms with van der Waals surface area (Å²) < 4.78 is 0. The minimum Gasteiger partial charge on any atom is -0.370 e. The lowest BCUT2D eigenvalue weighted by Crippen LogP contribution is -2.43. The maximum Gasteiger partial charge on any atom is 0.221 e. The Morgan fingerprint density at radius 2 is 1.93 bits per heavy atom. The summed E-state index contributed by atoms with van der Waals surface area (Å²) in [5.41, 5.74) is 2.51. The number of amides is 1. The van der Waals surface area contributed by atoms with Gasteiger partial charge < -0.3 is 20.9 Å². The average molecular weight is 501 g/mol. The second-order valence-corrected chi connectivity index (χ2v) is 7.14. The Morgan fingerprint density at radius 3 is 2.57 bits per heavy atom. The van der Waals surface area contributed by atoms with Gasteiger partial charge in [-0.25, -0.2) is 0 Å². The van der Waals surface area contributed by atoms with Crippen molar-refractivity contribution in [3.63, 3.8) is 0 Å². The van der Waals surface area contributed by atoms with Crippen LogP contribution < -0.4 is 20.9 Å².